The number of pyridine rings is 1. The highest BCUT2D eigenvalue weighted by Crippen LogP contribution is 2.18. The number of aryl methyl sites for hydroxylation is 2. The number of aromatic nitrogens is 1. The molecule has 0 saturated carbocycles. The van der Waals surface area contributed by atoms with E-state index in [-0.39, 0.29) is 23.4 Å². The minimum atomic E-state index is -3.75. The van der Waals surface area contributed by atoms with Crippen molar-refractivity contribution in [1.29, 1.82) is 0 Å². The number of H-pyrrole nitrogens is 1. The molecule has 5 nitrogen and oxygen atoms in total. The van der Waals surface area contributed by atoms with E-state index >= 15 is 0 Å². The van der Waals surface area contributed by atoms with Crippen molar-refractivity contribution in [2.75, 3.05) is 6.54 Å². The number of halogens is 1. The summed E-state index contributed by atoms with van der Waals surface area (Å²) < 4.78 is 39.8. The van der Waals surface area contributed by atoms with Crippen molar-refractivity contribution >= 4 is 20.9 Å². The highest BCUT2D eigenvalue weighted by molar-refractivity contribution is 7.89. The molecular weight excluding hydrogens is 355 g/mol. The molecular formula is C19H19FN2O3S. The third-order valence-electron chi connectivity index (χ3n) is 4.20. The van der Waals surface area contributed by atoms with Crippen LogP contribution in [-0.2, 0) is 16.4 Å². The van der Waals surface area contributed by atoms with Gasteiger partial charge in [-0.15, -0.1) is 0 Å². The largest absolute Gasteiger partial charge is 0.322 e. The molecule has 0 aliphatic rings. The van der Waals surface area contributed by atoms with Crippen LogP contribution in [0.4, 0.5) is 4.39 Å². The normalized spacial score (nSPS) is 11.8. The van der Waals surface area contributed by atoms with E-state index in [2.05, 4.69) is 9.71 Å². The van der Waals surface area contributed by atoms with Crippen molar-refractivity contribution in [3.05, 3.63) is 75.3 Å². The van der Waals surface area contributed by atoms with Gasteiger partial charge in [-0.05, 0) is 67.8 Å². The maximum atomic E-state index is 12.9. The van der Waals surface area contributed by atoms with Gasteiger partial charge in [-0.1, -0.05) is 6.07 Å². The Kier molecular flexibility index (Phi) is 4.93. The average Bonchev–Trinajstić information content (AvgIpc) is 2.56. The van der Waals surface area contributed by atoms with Gasteiger partial charge in [0, 0.05) is 23.0 Å². The summed E-state index contributed by atoms with van der Waals surface area (Å²) in [5, 5.41) is 0.937. The molecule has 3 rings (SSSR count). The fraction of sp³-hybridized carbons (Fsp3) is 0.211. The zero-order valence-electron chi connectivity index (χ0n) is 14.5. The number of nitrogens with one attached hydrogen (secondary N) is 2. The fourth-order valence-corrected chi connectivity index (χ4v) is 3.95. The first-order valence-corrected chi connectivity index (χ1v) is 9.63. The van der Waals surface area contributed by atoms with Gasteiger partial charge >= 0.3 is 0 Å². The molecule has 0 atom stereocenters. The molecule has 0 saturated heterocycles. The highest BCUT2D eigenvalue weighted by Gasteiger charge is 2.14. The molecule has 0 radical (unpaired) electrons. The molecule has 0 aliphatic carbocycles. The van der Waals surface area contributed by atoms with Crippen LogP contribution in [-0.4, -0.2) is 19.9 Å². The zero-order valence-corrected chi connectivity index (χ0v) is 15.3. The molecule has 1 heterocycles. The Bertz CT molecular complexity index is 1120. The summed E-state index contributed by atoms with van der Waals surface area (Å²) in [6, 6.07) is 10.3. The van der Waals surface area contributed by atoms with Crippen LogP contribution in [0, 0.1) is 19.7 Å². The summed E-state index contributed by atoms with van der Waals surface area (Å²) in [7, 11) is -3.75. The summed E-state index contributed by atoms with van der Waals surface area (Å²) in [4.78, 5) is 15.1. The van der Waals surface area contributed by atoms with E-state index in [0.29, 0.717) is 5.56 Å². The van der Waals surface area contributed by atoms with Crippen LogP contribution >= 0.6 is 0 Å². The average molecular weight is 374 g/mol. The Labute approximate surface area is 150 Å². The summed E-state index contributed by atoms with van der Waals surface area (Å²) in [6.07, 6.45) is 0.249. The molecule has 0 unspecified atom stereocenters. The molecule has 0 spiro atoms. The standard InChI is InChI=1S/C19H19FN2O3S/c1-12-9-13(2)17-11-14(19(23)22-18(17)10-12)7-8-21-26(24,25)16-5-3-15(20)4-6-16/h3-6,9-11,21H,7-8H2,1-2H3,(H,22,23). The number of hydrogen-bond acceptors (Lipinski definition) is 3. The number of aromatic amines is 1. The van der Waals surface area contributed by atoms with Crippen molar-refractivity contribution in [3.63, 3.8) is 0 Å². The van der Waals surface area contributed by atoms with Crippen LogP contribution in [0.5, 0.6) is 0 Å². The van der Waals surface area contributed by atoms with Crippen LogP contribution < -0.4 is 10.3 Å². The topological polar surface area (TPSA) is 79.0 Å². The third kappa shape index (κ3) is 3.84. The predicted molar refractivity (Wildman–Crippen MR) is 99.3 cm³/mol. The molecule has 2 aromatic carbocycles. The molecule has 7 heteroatoms. The van der Waals surface area contributed by atoms with Crippen LogP contribution in [0.25, 0.3) is 10.9 Å². The third-order valence-corrected chi connectivity index (χ3v) is 5.68. The SMILES string of the molecule is Cc1cc(C)c2cc(CCNS(=O)(=O)c3ccc(F)cc3)c(=O)[nH]c2c1. The summed E-state index contributed by atoms with van der Waals surface area (Å²) in [5.41, 5.74) is 3.15. The maximum absolute atomic E-state index is 12.9. The molecule has 0 bridgehead atoms. The smallest absolute Gasteiger partial charge is 0.251 e. The lowest BCUT2D eigenvalue weighted by Crippen LogP contribution is -2.27. The van der Waals surface area contributed by atoms with Crippen molar-refractivity contribution < 1.29 is 12.8 Å². The second kappa shape index (κ2) is 7.01. The van der Waals surface area contributed by atoms with Gasteiger partial charge in [-0.3, -0.25) is 4.79 Å². The van der Waals surface area contributed by atoms with E-state index in [1.54, 1.807) is 6.07 Å². The van der Waals surface area contributed by atoms with Gasteiger partial charge in [-0.2, -0.15) is 0 Å². The molecule has 1 aromatic heterocycles. The molecule has 136 valence electrons. The van der Waals surface area contributed by atoms with Crippen molar-refractivity contribution in [2.45, 2.75) is 25.2 Å². The van der Waals surface area contributed by atoms with E-state index in [4.69, 9.17) is 0 Å². The number of rotatable bonds is 5. The Morgan fingerprint density at radius 2 is 1.77 bits per heavy atom. The molecule has 2 N–H and O–H groups in total. The Balaban J connectivity index is 1.78. The van der Waals surface area contributed by atoms with Crippen LogP contribution in [0.15, 0.2) is 52.2 Å². The monoisotopic (exact) mass is 374 g/mol. The number of sulfonamides is 1. The van der Waals surface area contributed by atoms with E-state index < -0.39 is 15.8 Å². The van der Waals surface area contributed by atoms with Crippen LogP contribution in [0.1, 0.15) is 16.7 Å². The second-order valence-corrected chi connectivity index (χ2v) is 8.04. The second-order valence-electron chi connectivity index (χ2n) is 6.27. The van der Waals surface area contributed by atoms with E-state index in [1.807, 2.05) is 26.0 Å². The van der Waals surface area contributed by atoms with Gasteiger partial charge in [0.05, 0.1) is 4.90 Å². The zero-order chi connectivity index (χ0) is 18.9. The molecule has 26 heavy (non-hydrogen) atoms. The van der Waals surface area contributed by atoms with E-state index in [0.717, 1.165) is 34.2 Å². The lowest BCUT2D eigenvalue weighted by Gasteiger charge is -2.09. The van der Waals surface area contributed by atoms with Gasteiger partial charge in [0.2, 0.25) is 10.0 Å². The number of hydrogen-bond donors (Lipinski definition) is 2. The first-order valence-electron chi connectivity index (χ1n) is 8.15. The molecule has 0 amide bonds. The minimum Gasteiger partial charge on any atom is -0.322 e. The van der Waals surface area contributed by atoms with Crippen LogP contribution in [0.3, 0.4) is 0 Å². The van der Waals surface area contributed by atoms with Gasteiger partial charge in [-0.25, -0.2) is 17.5 Å². The lowest BCUT2D eigenvalue weighted by atomic mass is 10.0. The Morgan fingerprint density at radius 1 is 1.08 bits per heavy atom. The van der Waals surface area contributed by atoms with E-state index in [1.165, 1.54) is 12.1 Å². The summed E-state index contributed by atoms with van der Waals surface area (Å²) in [5.74, 6) is -0.503. The van der Waals surface area contributed by atoms with Crippen LogP contribution in [0.2, 0.25) is 0 Å². The quantitative estimate of drug-likeness (QED) is 0.721. The van der Waals surface area contributed by atoms with Gasteiger partial charge < -0.3 is 4.98 Å². The fourth-order valence-electron chi connectivity index (χ4n) is 2.92. The number of benzene rings is 2. The summed E-state index contributed by atoms with van der Waals surface area (Å²) >= 11 is 0. The maximum Gasteiger partial charge on any atom is 0.251 e. The lowest BCUT2D eigenvalue weighted by molar-refractivity contribution is 0.580. The Hall–Kier alpha value is -2.51. The van der Waals surface area contributed by atoms with Crippen molar-refractivity contribution in [3.8, 4) is 0 Å². The van der Waals surface area contributed by atoms with Crippen molar-refractivity contribution in [2.24, 2.45) is 0 Å². The highest BCUT2D eigenvalue weighted by atomic mass is 32.2. The van der Waals surface area contributed by atoms with Gasteiger partial charge in [0.1, 0.15) is 5.82 Å². The molecule has 0 aliphatic heterocycles. The van der Waals surface area contributed by atoms with Gasteiger partial charge in [0.25, 0.3) is 5.56 Å². The first kappa shape index (κ1) is 18.3. The minimum absolute atomic E-state index is 0.0161. The first-order chi connectivity index (χ1) is 12.3. The number of fused-ring (bicyclic) bond motifs is 1. The van der Waals surface area contributed by atoms with E-state index in [9.17, 15) is 17.6 Å². The Morgan fingerprint density at radius 3 is 2.46 bits per heavy atom. The van der Waals surface area contributed by atoms with Crippen molar-refractivity contribution in [1.82, 2.24) is 9.71 Å². The molecule has 3 aromatic rings. The predicted octanol–water partition coefficient (Wildman–Crippen LogP) is 2.81. The summed E-state index contributed by atoms with van der Waals surface area (Å²) in [6.45, 7) is 4.00. The van der Waals surface area contributed by atoms with Gasteiger partial charge in [0.15, 0.2) is 0 Å². The molecule has 0 fully saturated rings.